The molecule has 7 aromatic carbocycles. The molecule has 0 unspecified atom stereocenters. The van der Waals surface area contributed by atoms with Crippen molar-refractivity contribution in [2.75, 3.05) is 4.90 Å². The van der Waals surface area contributed by atoms with Gasteiger partial charge >= 0.3 is 0 Å². The van der Waals surface area contributed by atoms with Gasteiger partial charge in [0.15, 0.2) is 0 Å². The molecule has 0 spiro atoms. The third-order valence-electron chi connectivity index (χ3n) is 11.7. The lowest BCUT2D eigenvalue weighted by atomic mass is 9.34. The van der Waals surface area contributed by atoms with Crippen LogP contribution < -0.4 is 21.3 Å². The Balaban J connectivity index is 1.23. The van der Waals surface area contributed by atoms with E-state index in [4.69, 9.17) is 0 Å². The molecule has 3 nitrogen and oxygen atoms in total. The first-order valence-electron chi connectivity index (χ1n) is 18.2. The number of anilines is 3. The Morgan fingerprint density at radius 1 is 0.491 bits per heavy atom. The first-order chi connectivity index (χ1) is 26.2. The predicted octanol–water partition coefficient (Wildman–Crippen LogP) is 11.2. The van der Waals surface area contributed by atoms with Crippen molar-refractivity contribution in [1.29, 1.82) is 0 Å². The van der Waals surface area contributed by atoms with Gasteiger partial charge in [0, 0.05) is 53.7 Å². The van der Waals surface area contributed by atoms with Crippen LogP contribution in [0.2, 0.25) is 0 Å². The molecule has 0 bridgehead atoms. The molecular formula is C47H28BN3S2. The lowest BCUT2D eigenvalue weighted by molar-refractivity contribution is 1.14. The molecule has 53 heavy (non-hydrogen) atoms. The lowest BCUT2D eigenvalue weighted by Crippen LogP contribution is -2.59. The van der Waals surface area contributed by atoms with Crippen LogP contribution in [0.15, 0.2) is 152 Å². The zero-order valence-electron chi connectivity index (χ0n) is 28.7. The third kappa shape index (κ3) is 3.51. The standard InChI is InChI=1S/C47H28BN3S2/c1-27-25-36-41-37(26-27)51-44-31-18-9-11-22-39(31)53-47(44)40-35(49(28-13-4-2-5-14-28)29-15-6-3-7-16-29)24-23-34(45(40)51)48(41)33-20-12-19-32-42(33)50(36)43-30-17-8-10-21-38(30)52-46(32)43/h2-26H,1H3. The van der Waals surface area contributed by atoms with E-state index < -0.39 is 0 Å². The van der Waals surface area contributed by atoms with Gasteiger partial charge in [-0.1, -0.05) is 97.1 Å². The van der Waals surface area contributed by atoms with E-state index >= 15 is 0 Å². The average Bonchev–Trinajstić information content (AvgIpc) is 3.94. The van der Waals surface area contributed by atoms with Crippen LogP contribution in [0.5, 0.6) is 0 Å². The molecule has 0 saturated heterocycles. The molecule has 6 heteroatoms. The highest BCUT2D eigenvalue weighted by Gasteiger charge is 2.42. The fraction of sp³-hybridized carbons (Fsp3) is 0.0213. The maximum atomic E-state index is 2.65. The molecule has 2 aliphatic heterocycles. The Morgan fingerprint density at radius 3 is 1.72 bits per heavy atom. The molecule has 0 fully saturated rings. The van der Waals surface area contributed by atoms with E-state index in [9.17, 15) is 0 Å². The van der Waals surface area contributed by atoms with Crippen LogP contribution in [0.3, 0.4) is 0 Å². The number of fused-ring (bicyclic) bond motifs is 14. The summed E-state index contributed by atoms with van der Waals surface area (Å²) in [4.78, 5) is 2.45. The second-order valence-corrected chi connectivity index (χ2v) is 16.6. The first-order valence-corrected chi connectivity index (χ1v) is 19.9. The van der Waals surface area contributed by atoms with Crippen LogP contribution in [0, 0.1) is 6.92 Å². The van der Waals surface area contributed by atoms with Crippen LogP contribution >= 0.6 is 22.7 Å². The van der Waals surface area contributed by atoms with Crippen LogP contribution in [0.25, 0.3) is 73.8 Å². The fourth-order valence-electron chi connectivity index (χ4n) is 9.76. The molecule has 0 amide bonds. The Labute approximate surface area is 313 Å². The van der Waals surface area contributed by atoms with E-state index in [2.05, 4.69) is 173 Å². The van der Waals surface area contributed by atoms with Gasteiger partial charge in [0.05, 0.1) is 37.2 Å². The number of aromatic nitrogens is 2. The number of nitrogens with zero attached hydrogens (tertiary/aromatic N) is 3. The van der Waals surface area contributed by atoms with Crippen LogP contribution in [0.4, 0.5) is 17.1 Å². The normalized spacial score (nSPS) is 13.0. The number of benzene rings is 7. The Kier molecular flexibility index (Phi) is 5.42. The Bertz CT molecular complexity index is 3330. The van der Waals surface area contributed by atoms with Gasteiger partial charge in [-0.2, -0.15) is 0 Å². The number of rotatable bonds is 3. The van der Waals surface area contributed by atoms with Crippen molar-refractivity contribution in [3.63, 3.8) is 0 Å². The summed E-state index contributed by atoms with van der Waals surface area (Å²) in [5.74, 6) is 0. The quantitative estimate of drug-likeness (QED) is 0.167. The molecule has 0 radical (unpaired) electrons. The molecule has 0 aliphatic carbocycles. The van der Waals surface area contributed by atoms with Crippen molar-refractivity contribution in [1.82, 2.24) is 9.13 Å². The second kappa shape index (κ2) is 10.1. The predicted molar refractivity (Wildman–Crippen MR) is 230 cm³/mol. The summed E-state index contributed by atoms with van der Waals surface area (Å²) in [7, 11) is 0. The summed E-state index contributed by atoms with van der Waals surface area (Å²) in [5, 5.41) is 5.32. The van der Waals surface area contributed by atoms with Crippen molar-refractivity contribution in [3.8, 4) is 11.4 Å². The van der Waals surface area contributed by atoms with E-state index in [1.165, 1.54) is 101 Å². The lowest BCUT2D eigenvalue weighted by Gasteiger charge is -2.35. The third-order valence-corrected chi connectivity index (χ3v) is 14.1. The van der Waals surface area contributed by atoms with E-state index in [1.54, 1.807) is 0 Å². The number of hydrogen-bond donors (Lipinski definition) is 0. The minimum atomic E-state index is 0.105. The Morgan fingerprint density at radius 2 is 1.04 bits per heavy atom. The van der Waals surface area contributed by atoms with Gasteiger partial charge < -0.3 is 14.0 Å². The molecule has 11 aromatic rings. The monoisotopic (exact) mass is 709 g/mol. The van der Waals surface area contributed by atoms with Gasteiger partial charge in [-0.25, -0.2) is 0 Å². The highest BCUT2D eigenvalue weighted by atomic mass is 32.1. The number of aryl methyl sites for hydroxylation is 1. The first kappa shape index (κ1) is 28.5. The molecule has 13 rings (SSSR count). The average molecular weight is 710 g/mol. The largest absolute Gasteiger partial charge is 0.310 e. The molecule has 6 heterocycles. The summed E-state index contributed by atoms with van der Waals surface area (Å²) >= 11 is 3.86. The van der Waals surface area contributed by atoms with E-state index in [0.717, 1.165) is 11.4 Å². The molecule has 0 N–H and O–H groups in total. The van der Waals surface area contributed by atoms with Crippen LogP contribution in [0.1, 0.15) is 5.56 Å². The van der Waals surface area contributed by atoms with Crippen molar-refractivity contribution >= 4 is 125 Å². The van der Waals surface area contributed by atoms with Crippen molar-refractivity contribution in [2.45, 2.75) is 6.92 Å². The highest BCUT2D eigenvalue weighted by Crippen LogP contribution is 2.50. The van der Waals surface area contributed by atoms with Gasteiger partial charge in [0.2, 0.25) is 0 Å². The summed E-state index contributed by atoms with van der Waals surface area (Å²) in [6.07, 6.45) is 0. The highest BCUT2D eigenvalue weighted by molar-refractivity contribution is 7.27. The second-order valence-electron chi connectivity index (χ2n) is 14.5. The number of para-hydroxylation sites is 3. The maximum Gasteiger partial charge on any atom is 0.252 e. The topological polar surface area (TPSA) is 13.1 Å². The molecule has 0 atom stereocenters. The number of thiophene rings is 2. The van der Waals surface area contributed by atoms with Crippen LogP contribution in [-0.2, 0) is 0 Å². The van der Waals surface area contributed by atoms with Gasteiger partial charge in [0.25, 0.3) is 6.71 Å². The fourth-order valence-corrected chi connectivity index (χ4v) is 12.2. The zero-order chi connectivity index (χ0) is 34.5. The van der Waals surface area contributed by atoms with E-state index in [0.29, 0.717) is 0 Å². The minimum absolute atomic E-state index is 0.105. The smallest absolute Gasteiger partial charge is 0.252 e. The van der Waals surface area contributed by atoms with Gasteiger partial charge in [-0.3, -0.25) is 0 Å². The Hall–Kier alpha value is -6.08. The SMILES string of the molecule is Cc1cc2c3c(c1)-n1c4c(ccc(N(c5ccccc5)c5ccccc5)c4c4sc5ccccc5c41)B3c1cccc3c4sc5ccccc5c4n-2c13. The minimum Gasteiger partial charge on any atom is -0.310 e. The molecule has 0 saturated carbocycles. The van der Waals surface area contributed by atoms with Crippen molar-refractivity contribution in [3.05, 3.63) is 157 Å². The van der Waals surface area contributed by atoms with Crippen molar-refractivity contribution in [2.24, 2.45) is 0 Å². The van der Waals surface area contributed by atoms with Gasteiger partial charge in [-0.05, 0) is 83.5 Å². The van der Waals surface area contributed by atoms with E-state index in [1.807, 2.05) is 22.7 Å². The molecule has 246 valence electrons. The summed E-state index contributed by atoms with van der Waals surface area (Å²) in [5.41, 5.74) is 16.9. The van der Waals surface area contributed by atoms with E-state index in [-0.39, 0.29) is 6.71 Å². The molecule has 2 aliphatic rings. The molecule has 4 aromatic heterocycles. The molecular weight excluding hydrogens is 681 g/mol. The van der Waals surface area contributed by atoms with Gasteiger partial charge in [-0.15, -0.1) is 22.7 Å². The summed E-state index contributed by atoms with van der Waals surface area (Å²) in [6, 6.07) is 56.4. The zero-order valence-corrected chi connectivity index (χ0v) is 30.3. The maximum absolute atomic E-state index is 2.65. The van der Waals surface area contributed by atoms with Crippen LogP contribution in [-0.4, -0.2) is 15.8 Å². The number of hydrogen-bond acceptors (Lipinski definition) is 3. The van der Waals surface area contributed by atoms with Crippen molar-refractivity contribution < 1.29 is 0 Å². The summed E-state index contributed by atoms with van der Waals surface area (Å²) < 4.78 is 10.7. The van der Waals surface area contributed by atoms with Gasteiger partial charge in [0.1, 0.15) is 0 Å². The summed E-state index contributed by atoms with van der Waals surface area (Å²) in [6.45, 7) is 2.38.